The number of hydrogen-bond donors (Lipinski definition) is 3. The van der Waals surface area contributed by atoms with Crippen LogP contribution in [0, 0.1) is 0 Å². The van der Waals surface area contributed by atoms with Crippen molar-refractivity contribution < 1.29 is 19.8 Å². The van der Waals surface area contributed by atoms with Gasteiger partial charge in [-0.15, -0.1) is 0 Å². The fraction of sp³-hybridized carbons (Fsp3) is 0.154. The Labute approximate surface area is 108 Å². The van der Waals surface area contributed by atoms with Crippen LogP contribution in [-0.4, -0.2) is 32.1 Å². The molecule has 2 aromatic rings. The van der Waals surface area contributed by atoms with Gasteiger partial charge in [0, 0.05) is 18.8 Å². The summed E-state index contributed by atoms with van der Waals surface area (Å²) >= 11 is 0. The smallest absolute Gasteiger partial charge is 0.335 e. The van der Waals surface area contributed by atoms with Gasteiger partial charge < -0.3 is 15.2 Å². The average molecular weight is 260 g/mol. The van der Waals surface area contributed by atoms with E-state index in [0.29, 0.717) is 24.2 Å². The van der Waals surface area contributed by atoms with Crippen molar-refractivity contribution in [2.75, 3.05) is 0 Å². The normalized spacial score (nSPS) is 10.3. The molecule has 1 heterocycles. The second kappa shape index (κ2) is 5.34. The topological polar surface area (TPSA) is 103 Å². The van der Waals surface area contributed by atoms with E-state index in [0.717, 1.165) is 0 Å². The summed E-state index contributed by atoms with van der Waals surface area (Å²) in [7, 11) is 0. The van der Waals surface area contributed by atoms with Crippen molar-refractivity contribution >= 4 is 11.9 Å². The standard InChI is InChI=1S/C13H12N2O4/c16-12(17)9-2-1-3-10(13(18)19)8(9)4-5-11-14-6-7-15-11/h1-3,6-7H,4-5H2,(H,14,15)(H,16,17)(H,18,19). The first-order valence-electron chi connectivity index (χ1n) is 5.66. The molecule has 0 aliphatic rings. The van der Waals surface area contributed by atoms with Crippen molar-refractivity contribution in [2.24, 2.45) is 0 Å². The number of carboxylic acid groups (broad SMARTS) is 2. The van der Waals surface area contributed by atoms with Crippen molar-refractivity contribution in [3.8, 4) is 0 Å². The minimum atomic E-state index is -1.13. The van der Waals surface area contributed by atoms with Gasteiger partial charge in [-0.2, -0.15) is 0 Å². The number of aromatic nitrogens is 2. The highest BCUT2D eigenvalue weighted by Crippen LogP contribution is 2.17. The average Bonchev–Trinajstić information content (AvgIpc) is 2.88. The summed E-state index contributed by atoms with van der Waals surface area (Å²) in [6.07, 6.45) is 4.02. The monoisotopic (exact) mass is 260 g/mol. The number of rotatable bonds is 5. The van der Waals surface area contributed by atoms with Gasteiger partial charge in [-0.3, -0.25) is 0 Å². The lowest BCUT2D eigenvalue weighted by Gasteiger charge is -2.09. The number of imidazole rings is 1. The zero-order valence-corrected chi connectivity index (χ0v) is 9.96. The molecular weight excluding hydrogens is 248 g/mol. The van der Waals surface area contributed by atoms with E-state index in [4.69, 9.17) is 10.2 Å². The van der Waals surface area contributed by atoms with E-state index in [1.807, 2.05) is 0 Å². The number of nitrogens with zero attached hydrogens (tertiary/aromatic N) is 1. The molecule has 0 bridgehead atoms. The van der Waals surface area contributed by atoms with Gasteiger partial charge in [0.05, 0.1) is 11.1 Å². The number of benzene rings is 1. The second-order valence-corrected chi connectivity index (χ2v) is 3.98. The van der Waals surface area contributed by atoms with Gasteiger partial charge in [0.1, 0.15) is 5.82 Å². The summed E-state index contributed by atoms with van der Waals surface area (Å²) in [5.41, 5.74) is 0.358. The van der Waals surface area contributed by atoms with E-state index in [1.54, 1.807) is 12.4 Å². The van der Waals surface area contributed by atoms with Crippen molar-refractivity contribution in [3.63, 3.8) is 0 Å². The van der Waals surface area contributed by atoms with Crippen molar-refractivity contribution in [3.05, 3.63) is 53.1 Å². The van der Waals surface area contributed by atoms with E-state index >= 15 is 0 Å². The molecule has 3 N–H and O–H groups in total. The first-order chi connectivity index (χ1) is 9.09. The highest BCUT2D eigenvalue weighted by Gasteiger charge is 2.17. The van der Waals surface area contributed by atoms with Crippen LogP contribution in [0.15, 0.2) is 30.6 Å². The number of nitrogens with one attached hydrogen (secondary N) is 1. The van der Waals surface area contributed by atoms with Gasteiger partial charge in [-0.05, 0) is 24.1 Å². The molecule has 19 heavy (non-hydrogen) atoms. The fourth-order valence-corrected chi connectivity index (χ4v) is 1.93. The van der Waals surface area contributed by atoms with Crippen LogP contribution in [-0.2, 0) is 12.8 Å². The van der Waals surface area contributed by atoms with Gasteiger partial charge >= 0.3 is 11.9 Å². The number of carbonyl (C=O) groups is 2. The third kappa shape index (κ3) is 2.79. The SMILES string of the molecule is O=C(O)c1cccc(C(=O)O)c1CCc1ncc[nH]1. The molecule has 1 aromatic carbocycles. The molecule has 6 heteroatoms. The van der Waals surface area contributed by atoms with Crippen LogP contribution in [0.25, 0.3) is 0 Å². The van der Waals surface area contributed by atoms with Crippen LogP contribution in [0.1, 0.15) is 32.1 Å². The van der Waals surface area contributed by atoms with Gasteiger partial charge in [0.2, 0.25) is 0 Å². The molecule has 0 saturated heterocycles. The van der Waals surface area contributed by atoms with E-state index < -0.39 is 11.9 Å². The lowest BCUT2D eigenvalue weighted by Crippen LogP contribution is -2.11. The third-order valence-corrected chi connectivity index (χ3v) is 2.80. The molecule has 0 aliphatic carbocycles. The Morgan fingerprint density at radius 1 is 1.11 bits per heavy atom. The minimum absolute atomic E-state index is 0.0199. The van der Waals surface area contributed by atoms with Crippen LogP contribution < -0.4 is 0 Å². The number of carboxylic acids is 2. The molecule has 0 fully saturated rings. The zero-order valence-electron chi connectivity index (χ0n) is 9.96. The molecule has 0 aliphatic heterocycles. The number of hydrogen-bond acceptors (Lipinski definition) is 3. The lowest BCUT2D eigenvalue weighted by atomic mass is 9.96. The predicted molar refractivity (Wildman–Crippen MR) is 66.4 cm³/mol. The van der Waals surface area contributed by atoms with Crippen LogP contribution in [0.5, 0.6) is 0 Å². The maximum absolute atomic E-state index is 11.1. The molecule has 0 spiro atoms. The first kappa shape index (κ1) is 12.8. The number of aryl methyl sites for hydroxylation is 1. The Balaban J connectivity index is 2.35. The fourth-order valence-electron chi connectivity index (χ4n) is 1.93. The zero-order chi connectivity index (χ0) is 13.8. The maximum Gasteiger partial charge on any atom is 0.335 e. The van der Waals surface area contributed by atoms with Crippen LogP contribution in [0.2, 0.25) is 0 Å². The molecular formula is C13H12N2O4. The second-order valence-electron chi connectivity index (χ2n) is 3.98. The number of H-pyrrole nitrogens is 1. The molecule has 6 nitrogen and oxygen atoms in total. The molecule has 0 atom stereocenters. The molecule has 98 valence electrons. The molecule has 0 amide bonds. The van der Waals surface area contributed by atoms with Crippen LogP contribution in [0.4, 0.5) is 0 Å². The Kier molecular flexibility index (Phi) is 3.61. The summed E-state index contributed by atoms with van der Waals surface area (Å²) in [4.78, 5) is 29.2. The van der Waals surface area contributed by atoms with Crippen molar-refractivity contribution in [1.82, 2.24) is 9.97 Å². The van der Waals surface area contributed by atoms with Gasteiger partial charge in [-0.1, -0.05) is 6.07 Å². The molecule has 1 aromatic heterocycles. The number of aromatic carboxylic acids is 2. The van der Waals surface area contributed by atoms with E-state index in [-0.39, 0.29) is 11.1 Å². The summed E-state index contributed by atoms with van der Waals surface area (Å²) in [5.74, 6) is -1.56. The predicted octanol–water partition coefficient (Wildman–Crippen LogP) is 1.59. The summed E-state index contributed by atoms with van der Waals surface area (Å²) in [6, 6.07) is 4.25. The minimum Gasteiger partial charge on any atom is -0.478 e. The van der Waals surface area contributed by atoms with Crippen LogP contribution >= 0.6 is 0 Å². The highest BCUT2D eigenvalue weighted by molar-refractivity contribution is 5.96. The van der Waals surface area contributed by atoms with E-state index in [2.05, 4.69) is 9.97 Å². The quantitative estimate of drug-likeness (QED) is 0.757. The van der Waals surface area contributed by atoms with E-state index in [1.165, 1.54) is 18.2 Å². The number of aromatic amines is 1. The highest BCUT2D eigenvalue weighted by atomic mass is 16.4. The maximum atomic E-state index is 11.1. The summed E-state index contributed by atoms with van der Waals surface area (Å²) in [6.45, 7) is 0. The molecule has 0 radical (unpaired) electrons. The van der Waals surface area contributed by atoms with E-state index in [9.17, 15) is 9.59 Å². The van der Waals surface area contributed by atoms with Gasteiger partial charge in [0.25, 0.3) is 0 Å². The molecule has 2 rings (SSSR count). The lowest BCUT2D eigenvalue weighted by molar-refractivity contribution is 0.0695. The van der Waals surface area contributed by atoms with Crippen LogP contribution in [0.3, 0.4) is 0 Å². The van der Waals surface area contributed by atoms with Gasteiger partial charge in [0.15, 0.2) is 0 Å². The molecule has 0 unspecified atom stereocenters. The molecule has 0 saturated carbocycles. The Morgan fingerprint density at radius 2 is 1.74 bits per heavy atom. The Bertz CT molecular complexity index is 573. The largest absolute Gasteiger partial charge is 0.478 e. The third-order valence-electron chi connectivity index (χ3n) is 2.80. The van der Waals surface area contributed by atoms with Crippen molar-refractivity contribution in [2.45, 2.75) is 12.8 Å². The Morgan fingerprint density at radius 3 is 2.21 bits per heavy atom. The first-order valence-corrected chi connectivity index (χ1v) is 5.66. The van der Waals surface area contributed by atoms with Gasteiger partial charge in [-0.25, -0.2) is 14.6 Å². The summed E-state index contributed by atoms with van der Waals surface area (Å²) < 4.78 is 0. The Hall–Kier alpha value is -2.63. The summed E-state index contributed by atoms with van der Waals surface area (Å²) in [5, 5.41) is 18.2. The van der Waals surface area contributed by atoms with Crippen molar-refractivity contribution in [1.29, 1.82) is 0 Å².